The number of ether oxygens (including phenoxy) is 1. The summed E-state index contributed by atoms with van der Waals surface area (Å²) in [6, 6.07) is 4.67. The predicted octanol–water partition coefficient (Wildman–Crippen LogP) is 2.38. The Balaban J connectivity index is 1.93. The fourth-order valence-electron chi connectivity index (χ4n) is 2.22. The number of hydrogen-bond acceptors (Lipinski definition) is 5. The molecule has 0 bridgehead atoms. The van der Waals surface area contributed by atoms with Gasteiger partial charge in [0.15, 0.2) is 0 Å². The molecule has 0 saturated carbocycles. The zero-order valence-corrected chi connectivity index (χ0v) is 12.1. The van der Waals surface area contributed by atoms with Gasteiger partial charge in [-0.1, -0.05) is 11.6 Å². The summed E-state index contributed by atoms with van der Waals surface area (Å²) >= 11 is 6.06. The maximum absolute atomic E-state index is 10.7. The van der Waals surface area contributed by atoms with E-state index in [9.17, 15) is 10.1 Å². The van der Waals surface area contributed by atoms with Crippen LogP contribution in [0.15, 0.2) is 18.2 Å². The van der Waals surface area contributed by atoms with E-state index in [2.05, 4.69) is 17.1 Å². The number of benzene rings is 1. The summed E-state index contributed by atoms with van der Waals surface area (Å²) in [5, 5.41) is 14.3. The molecule has 1 atom stereocenters. The van der Waals surface area contributed by atoms with Gasteiger partial charge in [-0.2, -0.15) is 0 Å². The van der Waals surface area contributed by atoms with Crippen LogP contribution in [0.25, 0.3) is 0 Å². The highest BCUT2D eigenvalue weighted by molar-refractivity contribution is 6.33. The fourth-order valence-corrected chi connectivity index (χ4v) is 2.45. The summed E-state index contributed by atoms with van der Waals surface area (Å²) in [4.78, 5) is 12.5. The Kier molecular flexibility index (Phi) is 5.17. The quantitative estimate of drug-likeness (QED) is 0.668. The van der Waals surface area contributed by atoms with E-state index in [0.29, 0.717) is 5.02 Å². The number of morpholine rings is 1. The van der Waals surface area contributed by atoms with Crippen LogP contribution in [0, 0.1) is 10.1 Å². The van der Waals surface area contributed by atoms with E-state index in [-0.39, 0.29) is 11.7 Å². The molecule has 0 aliphatic carbocycles. The predicted molar refractivity (Wildman–Crippen MR) is 78.5 cm³/mol. The van der Waals surface area contributed by atoms with Crippen molar-refractivity contribution in [2.45, 2.75) is 13.0 Å². The lowest BCUT2D eigenvalue weighted by atomic mass is 10.2. The first-order valence-corrected chi connectivity index (χ1v) is 6.94. The van der Waals surface area contributed by atoms with E-state index in [1.807, 2.05) is 0 Å². The zero-order chi connectivity index (χ0) is 14.5. The van der Waals surface area contributed by atoms with Crippen molar-refractivity contribution in [1.29, 1.82) is 0 Å². The van der Waals surface area contributed by atoms with E-state index in [1.54, 1.807) is 6.07 Å². The van der Waals surface area contributed by atoms with Gasteiger partial charge in [0.25, 0.3) is 5.69 Å². The summed E-state index contributed by atoms with van der Waals surface area (Å²) in [5.74, 6) is 0. The lowest BCUT2D eigenvalue weighted by Gasteiger charge is -2.29. The molecule has 1 heterocycles. The maximum atomic E-state index is 10.7. The molecule has 0 spiro atoms. The molecule has 1 fully saturated rings. The number of rotatable bonds is 5. The van der Waals surface area contributed by atoms with E-state index >= 15 is 0 Å². The molecular weight excluding hydrogens is 282 g/mol. The Hall–Kier alpha value is -1.37. The largest absolute Gasteiger partial charge is 0.380 e. The van der Waals surface area contributed by atoms with Crippen LogP contribution in [0.5, 0.6) is 0 Å². The van der Waals surface area contributed by atoms with Crippen molar-refractivity contribution in [1.82, 2.24) is 4.90 Å². The maximum Gasteiger partial charge on any atom is 0.271 e. The number of nitrogens with one attached hydrogen (secondary N) is 1. The first-order chi connectivity index (χ1) is 9.56. The number of nitro groups is 1. The Morgan fingerprint density at radius 2 is 2.20 bits per heavy atom. The second-order valence-electron chi connectivity index (χ2n) is 4.88. The average molecular weight is 300 g/mol. The van der Waals surface area contributed by atoms with Crippen molar-refractivity contribution in [2.24, 2.45) is 0 Å². The van der Waals surface area contributed by atoms with E-state index in [1.165, 1.54) is 12.1 Å². The summed E-state index contributed by atoms with van der Waals surface area (Å²) in [6.45, 7) is 6.35. The average Bonchev–Trinajstić information content (AvgIpc) is 2.42. The van der Waals surface area contributed by atoms with Gasteiger partial charge in [0.05, 0.1) is 28.8 Å². The van der Waals surface area contributed by atoms with Crippen LogP contribution in [0.2, 0.25) is 5.02 Å². The lowest BCUT2D eigenvalue weighted by molar-refractivity contribution is -0.384. The van der Waals surface area contributed by atoms with Crippen LogP contribution in [-0.2, 0) is 4.74 Å². The minimum Gasteiger partial charge on any atom is -0.380 e. The van der Waals surface area contributed by atoms with Gasteiger partial charge >= 0.3 is 0 Å². The van der Waals surface area contributed by atoms with Crippen LogP contribution in [0.3, 0.4) is 0 Å². The van der Waals surface area contributed by atoms with Crippen molar-refractivity contribution in [3.05, 3.63) is 33.3 Å². The summed E-state index contributed by atoms with van der Waals surface area (Å²) in [7, 11) is 0. The number of non-ortho nitro benzene ring substituents is 1. The standard InChI is InChI=1S/C13H18ClN3O3/c1-10(9-16-4-6-20-7-5-16)15-13-3-2-11(17(18)19)8-12(13)14/h2-3,8,10,15H,4-7,9H2,1H3. The first kappa shape index (κ1) is 15.0. The van der Waals surface area contributed by atoms with Gasteiger partial charge in [-0.25, -0.2) is 0 Å². The molecule has 1 saturated heterocycles. The van der Waals surface area contributed by atoms with E-state index in [4.69, 9.17) is 16.3 Å². The Morgan fingerprint density at radius 1 is 1.50 bits per heavy atom. The smallest absolute Gasteiger partial charge is 0.271 e. The molecule has 1 unspecified atom stereocenters. The number of nitro benzene ring substituents is 1. The first-order valence-electron chi connectivity index (χ1n) is 6.57. The van der Waals surface area contributed by atoms with Crippen LogP contribution in [0.1, 0.15) is 6.92 Å². The van der Waals surface area contributed by atoms with E-state index in [0.717, 1.165) is 38.5 Å². The third-order valence-electron chi connectivity index (χ3n) is 3.20. The van der Waals surface area contributed by atoms with Crippen molar-refractivity contribution >= 4 is 23.0 Å². The van der Waals surface area contributed by atoms with Crippen molar-refractivity contribution < 1.29 is 9.66 Å². The minimum absolute atomic E-state index is 0.00128. The number of nitrogens with zero attached hydrogens (tertiary/aromatic N) is 2. The molecule has 0 radical (unpaired) electrons. The van der Waals surface area contributed by atoms with Crippen molar-refractivity contribution in [3.63, 3.8) is 0 Å². The number of anilines is 1. The lowest BCUT2D eigenvalue weighted by Crippen LogP contribution is -2.42. The molecule has 20 heavy (non-hydrogen) atoms. The molecule has 1 aliphatic heterocycles. The van der Waals surface area contributed by atoms with Crippen molar-refractivity contribution in [3.8, 4) is 0 Å². The minimum atomic E-state index is -0.452. The Bertz CT molecular complexity index is 478. The van der Waals surface area contributed by atoms with Crippen LogP contribution in [-0.4, -0.2) is 48.7 Å². The molecule has 0 aromatic heterocycles. The molecule has 2 rings (SSSR count). The molecule has 1 aromatic rings. The molecule has 6 nitrogen and oxygen atoms in total. The highest BCUT2D eigenvalue weighted by Crippen LogP contribution is 2.27. The van der Waals surface area contributed by atoms with E-state index < -0.39 is 4.92 Å². The molecule has 1 N–H and O–H groups in total. The molecule has 110 valence electrons. The fraction of sp³-hybridized carbons (Fsp3) is 0.538. The zero-order valence-electron chi connectivity index (χ0n) is 11.3. The van der Waals surface area contributed by atoms with Gasteiger partial charge in [-0.3, -0.25) is 15.0 Å². The molecule has 1 aromatic carbocycles. The topological polar surface area (TPSA) is 67.6 Å². The summed E-state index contributed by atoms with van der Waals surface area (Å²) in [5.41, 5.74) is 0.722. The van der Waals surface area contributed by atoms with Crippen LogP contribution < -0.4 is 5.32 Å². The number of hydrogen-bond donors (Lipinski definition) is 1. The molecule has 1 aliphatic rings. The van der Waals surface area contributed by atoms with Gasteiger partial charge in [-0.05, 0) is 13.0 Å². The van der Waals surface area contributed by atoms with Crippen molar-refractivity contribution in [2.75, 3.05) is 38.2 Å². The second-order valence-corrected chi connectivity index (χ2v) is 5.29. The third kappa shape index (κ3) is 4.06. The van der Waals surface area contributed by atoms with Gasteiger partial charge in [0, 0.05) is 37.8 Å². The SMILES string of the molecule is CC(CN1CCOCC1)Nc1ccc([N+](=O)[O-])cc1Cl. The Labute approximate surface area is 122 Å². The highest BCUT2D eigenvalue weighted by atomic mass is 35.5. The van der Waals surface area contributed by atoms with Gasteiger partial charge < -0.3 is 10.1 Å². The second kappa shape index (κ2) is 6.88. The normalized spacial score (nSPS) is 17.7. The van der Waals surface area contributed by atoms with Gasteiger partial charge in [-0.15, -0.1) is 0 Å². The monoisotopic (exact) mass is 299 g/mol. The van der Waals surface area contributed by atoms with Crippen LogP contribution >= 0.6 is 11.6 Å². The third-order valence-corrected chi connectivity index (χ3v) is 3.51. The highest BCUT2D eigenvalue weighted by Gasteiger charge is 2.15. The summed E-state index contributed by atoms with van der Waals surface area (Å²) < 4.78 is 5.31. The molecule has 7 heteroatoms. The van der Waals surface area contributed by atoms with Crippen LogP contribution in [0.4, 0.5) is 11.4 Å². The molecule has 0 amide bonds. The van der Waals surface area contributed by atoms with Gasteiger partial charge in [0.2, 0.25) is 0 Å². The Morgan fingerprint density at radius 3 is 2.80 bits per heavy atom. The summed E-state index contributed by atoms with van der Waals surface area (Å²) in [6.07, 6.45) is 0. The van der Waals surface area contributed by atoms with Gasteiger partial charge in [0.1, 0.15) is 0 Å². The number of halogens is 1. The molecular formula is C13H18ClN3O3.